The third-order valence-corrected chi connectivity index (χ3v) is 6.49. The molecule has 0 radical (unpaired) electrons. The summed E-state index contributed by atoms with van der Waals surface area (Å²) in [4.78, 5) is 13.3. The summed E-state index contributed by atoms with van der Waals surface area (Å²) in [6.07, 6.45) is 5.72. The lowest BCUT2D eigenvalue weighted by atomic mass is 9.71. The number of anilines is 1. The smallest absolute Gasteiger partial charge is 0.131 e. The SMILES string of the molecule is OCC1CN(c2ccncn2)CC12CCN(Cc1ccsc1)CC2. The van der Waals surface area contributed by atoms with Gasteiger partial charge < -0.3 is 10.0 Å². The van der Waals surface area contributed by atoms with E-state index in [0.717, 1.165) is 51.4 Å². The van der Waals surface area contributed by atoms with Crippen LogP contribution in [0.25, 0.3) is 0 Å². The third-order valence-electron chi connectivity index (χ3n) is 5.76. The molecule has 6 heteroatoms. The minimum Gasteiger partial charge on any atom is -0.396 e. The number of thiophene rings is 1. The van der Waals surface area contributed by atoms with Crippen molar-refractivity contribution in [2.24, 2.45) is 11.3 Å². The van der Waals surface area contributed by atoms with Gasteiger partial charge in [0, 0.05) is 38.4 Å². The van der Waals surface area contributed by atoms with Crippen LogP contribution in [0.2, 0.25) is 0 Å². The van der Waals surface area contributed by atoms with Crippen LogP contribution in [0.5, 0.6) is 0 Å². The Morgan fingerprint density at radius 1 is 1.29 bits per heavy atom. The largest absolute Gasteiger partial charge is 0.396 e. The summed E-state index contributed by atoms with van der Waals surface area (Å²) in [5.74, 6) is 1.33. The van der Waals surface area contributed by atoms with Crippen LogP contribution in [0.4, 0.5) is 5.82 Å². The van der Waals surface area contributed by atoms with Crippen LogP contribution in [-0.2, 0) is 6.54 Å². The van der Waals surface area contributed by atoms with Gasteiger partial charge in [-0.2, -0.15) is 11.3 Å². The maximum absolute atomic E-state index is 9.95. The molecule has 2 aromatic rings. The number of piperidine rings is 1. The fourth-order valence-corrected chi connectivity index (χ4v) is 4.95. The van der Waals surface area contributed by atoms with E-state index in [9.17, 15) is 5.11 Å². The van der Waals surface area contributed by atoms with Gasteiger partial charge in [0.15, 0.2) is 0 Å². The van der Waals surface area contributed by atoms with Gasteiger partial charge in [0.1, 0.15) is 12.1 Å². The molecule has 4 rings (SSSR count). The van der Waals surface area contributed by atoms with Crippen molar-refractivity contribution in [2.75, 3.05) is 37.7 Å². The molecule has 2 aromatic heterocycles. The maximum atomic E-state index is 9.95. The van der Waals surface area contributed by atoms with Crippen LogP contribution in [-0.4, -0.2) is 52.8 Å². The van der Waals surface area contributed by atoms with Crippen LogP contribution in [0.15, 0.2) is 35.4 Å². The number of hydrogen-bond donors (Lipinski definition) is 1. The number of hydrogen-bond acceptors (Lipinski definition) is 6. The van der Waals surface area contributed by atoms with Gasteiger partial charge in [0.2, 0.25) is 0 Å². The summed E-state index contributed by atoms with van der Waals surface area (Å²) in [5, 5.41) is 14.3. The minimum absolute atomic E-state index is 0.227. The molecule has 0 aliphatic carbocycles. The molecule has 2 aliphatic rings. The number of aliphatic hydroxyl groups is 1. The predicted molar refractivity (Wildman–Crippen MR) is 96.1 cm³/mol. The van der Waals surface area contributed by atoms with E-state index in [1.54, 1.807) is 23.9 Å². The third kappa shape index (κ3) is 3.06. The molecule has 1 spiro atoms. The molecule has 2 fully saturated rings. The molecular formula is C18H24N4OS. The van der Waals surface area contributed by atoms with Gasteiger partial charge >= 0.3 is 0 Å². The first-order valence-corrected chi connectivity index (χ1v) is 9.59. The monoisotopic (exact) mass is 344 g/mol. The van der Waals surface area contributed by atoms with Crippen molar-refractivity contribution in [3.8, 4) is 0 Å². The Bertz CT molecular complexity index is 640. The van der Waals surface area contributed by atoms with Crippen LogP contribution >= 0.6 is 11.3 Å². The molecule has 1 N–H and O–H groups in total. The first-order valence-electron chi connectivity index (χ1n) is 8.64. The van der Waals surface area contributed by atoms with E-state index in [1.165, 1.54) is 5.56 Å². The lowest BCUT2D eigenvalue weighted by Gasteiger charge is -2.42. The van der Waals surface area contributed by atoms with Crippen molar-refractivity contribution in [2.45, 2.75) is 19.4 Å². The number of rotatable bonds is 4. The fourth-order valence-electron chi connectivity index (χ4n) is 4.29. The van der Waals surface area contributed by atoms with Crippen LogP contribution in [0, 0.1) is 11.3 Å². The van der Waals surface area contributed by atoms with Crippen molar-refractivity contribution >= 4 is 17.2 Å². The Kier molecular flexibility index (Phi) is 4.52. The van der Waals surface area contributed by atoms with Gasteiger partial charge in [-0.3, -0.25) is 4.90 Å². The fraction of sp³-hybridized carbons (Fsp3) is 0.556. The van der Waals surface area contributed by atoms with E-state index in [1.807, 2.05) is 6.07 Å². The van der Waals surface area contributed by atoms with Gasteiger partial charge in [-0.15, -0.1) is 0 Å². The first-order chi connectivity index (χ1) is 11.8. The number of aliphatic hydroxyl groups excluding tert-OH is 1. The molecule has 2 saturated heterocycles. The Hall–Kier alpha value is -1.50. The zero-order chi connectivity index (χ0) is 16.4. The lowest BCUT2D eigenvalue weighted by Crippen LogP contribution is -2.44. The molecule has 0 saturated carbocycles. The molecule has 0 bridgehead atoms. The first kappa shape index (κ1) is 16.0. The quantitative estimate of drug-likeness (QED) is 0.922. The van der Waals surface area contributed by atoms with E-state index >= 15 is 0 Å². The molecule has 128 valence electrons. The standard InChI is InChI=1S/C18H24N4OS/c23-11-16-10-22(17-1-5-19-14-20-17)13-18(16)3-6-21(7-4-18)9-15-2-8-24-12-15/h1-2,5,8,12,14,16,23H,3-4,6-7,9-11,13H2. The molecule has 0 amide bonds. The average molecular weight is 344 g/mol. The molecule has 2 aliphatic heterocycles. The highest BCUT2D eigenvalue weighted by atomic mass is 32.1. The van der Waals surface area contributed by atoms with Gasteiger partial charge in [-0.05, 0) is 59.8 Å². The second kappa shape index (κ2) is 6.78. The van der Waals surface area contributed by atoms with E-state index < -0.39 is 0 Å². The van der Waals surface area contributed by atoms with E-state index in [2.05, 4.69) is 36.6 Å². The highest BCUT2D eigenvalue weighted by Gasteiger charge is 2.47. The predicted octanol–water partition coefficient (Wildman–Crippen LogP) is 2.25. The van der Waals surface area contributed by atoms with Crippen LogP contribution in [0.3, 0.4) is 0 Å². The van der Waals surface area contributed by atoms with Crippen LogP contribution in [0.1, 0.15) is 18.4 Å². The number of nitrogens with zero attached hydrogens (tertiary/aromatic N) is 4. The Morgan fingerprint density at radius 2 is 2.17 bits per heavy atom. The average Bonchev–Trinajstić information content (AvgIpc) is 3.26. The van der Waals surface area contributed by atoms with E-state index in [0.29, 0.717) is 5.92 Å². The molecule has 1 unspecified atom stereocenters. The maximum Gasteiger partial charge on any atom is 0.131 e. The van der Waals surface area contributed by atoms with Gasteiger partial charge in [0.25, 0.3) is 0 Å². The van der Waals surface area contributed by atoms with Gasteiger partial charge in [-0.1, -0.05) is 0 Å². The number of aromatic nitrogens is 2. The van der Waals surface area contributed by atoms with Crippen molar-refractivity contribution in [1.82, 2.24) is 14.9 Å². The lowest BCUT2D eigenvalue weighted by molar-refractivity contribution is 0.0507. The summed E-state index contributed by atoms with van der Waals surface area (Å²) >= 11 is 1.77. The van der Waals surface area contributed by atoms with E-state index in [4.69, 9.17) is 0 Å². The summed E-state index contributed by atoms with van der Waals surface area (Å²) in [6, 6.07) is 4.19. The zero-order valence-electron chi connectivity index (χ0n) is 13.8. The summed E-state index contributed by atoms with van der Waals surface area (Å²) in [7, 11) is 0. The summed E-state index contributed by atoms with van der Waals surface area (Å²) < 4.78 is 0. The van der Waals surface area contributed by atoms with Crippen molar-refractivity contribution in [3.05, 3.63) is 41.0 Å². The topological polar surface area (TPSA) is 52.5 Å². The van der Waals surface area contributed by atoms with E-state index in [-0.39, 0.29) is 12.0 Å². The van der Waals surface area contributed by atoms with Gasteiger partial charge in [-0.25, -0.2) is 9.97 Å². The second-order valence-corrected chi connectivity index (χ2v) is 7.88. The van der Waals surface area contributed by atoms with Crippen molar-refractivity contribution in [1.29, 1.82) is 0 Å². The number of likely N-dealkylation sites (tertiary alicyclic amines) is 1. The van der Waals surface area contributed by atoms with Gasteiger partial charge in [0.05, 0.1) is 0 Å². The molecular weight excluding hydrogens is 320 g/mol. The normalized spacial score (nSPS) is 23.9. The molecule has 5 nitrogen and oxygen atoms in total. The van der Waals surface area contributed by atoms with Crippen molar-refractivity contribution in [3.63, 3.8) is 0 Å². The van der Waals surface area contributed by atoms with Crippen LogP contribution < -0.4 is 4.90 Å². The summed E-state index contributed by atoms with van der Waals surface area (Å²) in [6.45, 7) is 5.46. The molecule has 4 heterocycles. The molecule has 1 atom stereocenters. The second-order valence-electron chi connectivity index (χ2n) is 7.10. The highest BCUT2D eigenvalue weighted by Crippen LogP contribution is 2.45. The molecule has 0 aromatic carbocycles. The summed E-state index contributed by atoms with van der Waals surface area (Å²) in [5.41, 5.74) is 1.65. The minimum atomic E-state index is 0.227. The zero-order valence-corrected chi connectivity index (χ0v) is 14.7. The highest BCUT2D eigenvalue weighted by molar-refractivity contribution is 7.07. The Labute approximate surface area is 147 Å². The molecule has 24 heavy (non-hydrogen) atoms. The van der Waals surface area contributed by atoms with Crippen molar-refractivity contribution < 1.29 is 5.11 Å². The Morgan fingerprint density at radius 3 is 2.83 bits per heavy atom. The Balaban J connectivity index is 1.43.